The summed E-state index contributed by atoms with van der Waals surface area (Å²) < 4.78 is 10.6. The minimum Gasteiger partial charge on any atom is -0.493 e. The number of hydrogen-bond donors (Lipinski definition) is 1. The van der Waals surface area contributed by atoms with Crippen molar-refractivity contribution in [2.24, 2.45) is 5.92 Å². The number of para-hydroxylation sites is 1. The van der Waals surface area contributed by atoms with Crippen LogP contribution in [-0.2, 0) is 16.0 Å². The van der Waals surface area contributed by atoms with Gasteiger partial charge in [0.25, 0.3) is 0 Å². The Morgan fingerprint density at radius 2 is 1.70 bits per heavy atom. The van der Waals surface area contributed by atoms with E-state index >= 15 is 0 Å². The lowest BCUT2D eigenvalue weighted by molar-refractivity contribution is -0.128. The molecule has 1 aliphatic heterocycles. The molecule has 2 amide bonds. The van der Waals surface area contributed by atoms with Gasteiger partial charge in [0.05, 0.1) is 20.1 Å². The summed E-state index contributed by atoms with van der Waals surface area (Å²) >= 11 is 0. The van der Waals surface area contributed by atoms with Crippen molar-refractivity contribution in [3.63, 3.8) is 0 Å². The van der Waals surface area contributed by atoms with Gasteiger partial charge in [-0.15, -0.1) is 0 Å². The van der Waals surface area contributed by atoms with E-state index in [9.17, 15) is 9.59 Å². The summed E-state index contributed by atoms with van der Waals surface area (Å²) in [4.78, 5) is 27.3. The molecule has 3 aromatic carbocycles. The molecule has 1 aliphatic rings. The number of benzene rings is 3. The number of ether oxygens (including phenoxy) is 2. The molecule has 33 heavy (non-hydrogen) atoms. The average Bonchev–Trinajstić information content (AvgIpc) is 3.24. The summed E-state index contributed by atoms with van der Waals surface area (Å²) in [6.07, 6.45) is 0.905. The molecule has 0 spiro atoms. The highest BCUT2D eigenvalue weighted by molar-refractivity contribution is 6.00. The molecule has 1 saturated heterocycles. The lowest BCUT2D eigenvalue weighted by Gasteiger charge is -2.18. The first-order valence-corrected chi connectivity index (χ1v) is 11.0. The second-order valence-corrected chi connectivity index (χ2v) is 8.08. The Balaban J connectivity index is 1.38. The molecule has 1 fully saturated rings. The van der Waals surface area contributed by atoms with E-state index in [1.54, 1.807) is 19.1 Å². The van der Waals surface area contributed by atoms with Gasteiger partial charge in [-0.05, 0) is 35.7 Å². The van der Waals surface area contributed by atoms with Crippen molar-refractivity contribution in [2.75, 3.05) is 32.6 Å². The third kappa shape index (κ3) is 5.17. The van der Waals surface area contributed by atoms with Gasteiger partial charge in [0.15, 0.2) is 11.5 Å². The molecule has 4 rings (SSSR count). The molecule has 170 valence electrons. The minimum atomic E-state index is -0.369. The smallest absolute Gasteiger partial charge is 0.229 e. The summed E-state index contributed by atoms with van der Waals surface area (Å²) in [5.74, 6) is 0.849. The van der Waals surface area contributed by atoms with Crippen LogP contribution in [-0.4, -0.2) is 44.0 Å². The van der Waals surface area contributed by atoms with Crippen LogP contribution in [0.2, 0.25) is 0 Å². The highest BCUT2D eigenvalue weighted by Gasteiger charge is 2.34. The van der Waals surface area contributed by atoms with E-state index in [-0.39, 0.29) is 24.2 Å². The van der Waals surface area contributed by atoms with Crippen LogP contribution in [0.3, 0.4) is 0 Å². The fourth-order valence-electron chi connectivity index (χ4n) is 4.16. The molecule has 1 N–H and O–H groups in total. The molecule has 0 bridgehead atoms. The van der Waals surface area contributed by atoms with Crippen molar-refractivity contribution in [3.05, 3.63) is 78.4 Å². The van der Waals surface area contributed by atoms with Crippen molar-refractivity contribution < 1.29 is 19.1 Å². The molecule has 6 nitrogen and oxygen atoms in total. The molecule has 1 heterocycles. The molecule has 6 heteroatoms. The Morgan fingerprint density at radius 1 is 0.970 bits per heavy atom. The SMILES string of the molecule is COc1ccc(CCN2CC(C(=O)Nc3ccccc3-c3ccccc3)CC2=O)cc1OC. The van der Waals surface area contributed by atoms with Gasteiger partial charge in [-0.25, -0.2) is 0 Å². The molecule has 3 aromatic rings. The maximum atomic E-state index is 13.0. The predicted molar refractivity (Wildman–Crippen MR) is 128 cm³/mol. The van der Waals surface area contributed by atoms with Gasteiger partial charge in [0, 0.05) is 30.8 Å². The van der Waals surface area contributed by atoms with E-state index in [0.717, 1.165) is 22.4 Å². The molecule has 1 unspecified atom stereocenters. The van der Waals surface area contributed by atoms with Crippen LogP contribution in [0.1, 0.15) is 12.0 Å². The third-order valence-electron chi connectivity index (χ3n) is 5.97. The first-order chi connectivity index (χ1) is 16.1. The second-order valence-electron chi connectivity index (χ2n) is 8.08. The third-order valence-corrected chi connectivity index (χ3v) is 5.97. The van der Waals surface area contributed by atoms with Gasteiger partial charge in [-0.2, -0.15) is 0 Å². The topological polar surface area (TPSA) is 67.9 Å². The quantitative estimate of drug-likeness (QED) is 0.559. The van der Waals surface area contributed by atoms with Crippen molar-refractivity contribution in [3.8, 4) is 22.6 Å². The standard InChI is InChI=1S/C27H28N2O4/c1-32-24-13-12-19(16-25(24)33-2)14-15-29-18-21(17-26(29)30)27(31)28-23-11-7-6-10-22(23)20-8-4-3-5-9-20/h3-13,16,21H,14-15,17-18H2,1-2H3,(H,28,31). The van der Waals surface area contributed by atoms with Gasteiger partial charge >= 0.3 is 0 Å². The highest BCUT2D eigenvalue weighted by Crippen LogP contribution is 2.30. The van der Waals surface area contributed by atoms with Crippen LogP contribution in [0.15, 0.2) is 72.8 Å². The number of nitrogens with one attached hydrogen (secondary N) is 1. The number of nitrogens with zero attached hydrogens (tertiary/aromatic N) is 1. The number of anilines is 1. The fraction of sp³-hybridized carbons (Fsp3) is 0.259. The van der Waals surface area contributed by atoms with Crippen molar-refractivity contribution in [2.45, 2.75) is 12.8 Å². The lowest BCUT2D eigenvalue weighted by Crippen LogP contribution is -2.30. The van der Waals surface area contributed by atoms with E-state index in [1.807, 2.05) is 72.8 Å². The van der Waals surface area contributed by atoms with Gasteiger partial charge in [-0.1, -0.05) is 54.6 Å². The minimum absolute atomic E-state index is 0.00645. The van der Waals surface area contributed by atoms with Crippen LogP contribution < -0.4 is 14.8 Å². The maximum absolute atomic E-state index is 13.0. The Hall–Kier alpha value is -3.80. The molecule has 0 radical (unpaired) electrons. The molecular weight excluding hydrogens is 416 g/mol. The number of rotatable bonds is 8. The molecule has 0 aliphatic carbocycles. The Morgan fingerprint density at radius 3 is 2.45 bits per heavy atom. The fourth-order valence-corrected chi connectivity index (χ4v) is 4.16. The second kappa shape index (κ2) is 10.2. The number of carbonyl (C=O) groups excluding carboxylic acids is 2. The first-order valence-electron chi connectivity index (χ1n) is 11.0. The lowest BCUT2D eigenvalue weighted by atomic mass is 10.0. The van der Waals surface area contributed by atoms with Crippen molar-refractivity contribution in [1.82, 2.24) is 4.90 Å². The largest absolute Gasteiger partial charge is 0.493 e. The highest BCUT2D eigenvalue weighted by atomic mass is 16.5. The Labute approximate surface area is 194 Å². The zero-order chi connectivity index (χ0) is 23.2. The van der Waals surface area contributed by atoms with E-state index in [1.165, 1.54) is 0 Å². The first kappa shape index (κ1) is 22.4. The van der Waals surface area contributed by atoms with Gasteiger partial charge in [0.2, 0.25) is 11.8 Å². The van der Waals surface area contributed by atoms with Gasteiger partial charge < -0.3 is 19.7 Å². The zero-order valence-electron chi connectivity index (χ0n) is 18.9. The van der Waals surface area contributed by atoms with Gasteiger partial charge in [-0.3, -0.25) is 9.59 Å². The normalized spacial score (nSPS) is 15.4. The van der Waals surface area contributed by atoms with Crippen LogP contribution in [0, 0.1) is 5.92 Å². The van der Waals surface area contributed by atoms with Crippen LogP contribution >= 0.6 is 0 Å². The molecule has 0 aromatic heterocycles. The molecular formula is C27H28N2O4. The van der Waals surface area contributed by atoms with Crippen LogP contribution in [0.25, 0.3) is 11.1 Å². The molecule has 0 saturated carbocycles. The summed E-state index contributed by atoms with van der Waals surface area (Å²) in [6.45, 7) is 0.976. The van der Waals surface area contributed by atoms with E-state index in [2.05, 4.69) is 5.32 Å². The summed E-state index contributed by atoms with van der Waals surface area (Å²) in [6, 6.07) is 23.4. The number of likely N-dealkylation sites (tertiary alicyclic amines) is 1. The Bertz CT molecular complexity index is 1130. The number of amides is 2. The van der Waals surface area contributed by atoms with Crippen LogP contribution in [0.5, 0.6) is 11.5 Å². The van der Waals surface area contributed by atoms with Crippen molar-refractivity contribution >= 4 is 17.5 Å². The van der Waals surface area contributed by atoms with Crippen LogP contribution in [0.4, 0.5) is 5.69 Å². The van der Waals surface area contributed by atoms with E-state index in [4.69, 9.17) is 9.47 Å². The Kier molecular flexibility index (Phi) is 6.93. The van der Waals surface area contributed by atoms with E-state index in [0.29, 0.717) is 31.0 Å². The predicted octanol–water partition coefficient (Wildman–Crippen LogP) is 4.40. The average molecular weight is 445 g/mol. The number of hydrogen-bond acceptors (Lipinski definition) is 4. The monoisotopic (exact) mass is 444 g/mol. The summed E-state index contributed by atoms with van der Waals surface area (Å²) in [5.41, 5.74) is 3.79. The zero-order valence-corrected chi connectivity index (χ0v) is 18.9. The summed E-state index contributed by atoms with van der Waals surface area (Å²) in [7, 11) is 3.20. The molecule has 1 atom stereocenters. The van der Waals surface area contributed by atoms with E-state index < -0.39 is 0 Å². The summed E-state index contributed by atoms with van der Waals surface area (Å²) in [5, 5.41) is 3.05. The maximum Gasteiger partial charge on any atom is 0.229 e. The van der Waals surface area contributed by atoms with Crippen molar-refractivity contribution in [1.29, 1.82) is 0 Å². The number of methoxy groups -OCH3 is 2. The van der Waals surface area contributed by atoms with Gasteiger partial charge in [0.1, 0.15) is 0 Å². The number of carbonyl (C=O) groups is 2.